The minimum absolute atomic E-state index is 0.0544. The standard InChI is InChI=1S/C19H18N2O5/c1-12-18(23)21(11-17(22)20-10-13-5-3-2-4-6-13)15-8-7-14(19(24)25)9-16(15)26-12/h2-9,12H,10-11H2,1H3,(H,20,22)(H,24,25). The van der Waals surface area contributed by atoms with Gasteiger partial charge < -0.3 is 15.2 Å². The Bertz CT molecular complexity index is 850. The van der Waals surface area contributed by atoms with Crippen molar-refractivity contribution in [3.8, 4) is 5.75 Å². The topological polar surface area (TPSA) is 95.9 Å². The molecule has 0 bridgehead atoms. The molecule has 1 atom stereocenters. The smallest absolute Gasteiger partial charge is 0.335 e. The maximum absolute atomic E-state index is 12.4. The van der Waals surface area contributed by atoms with Gasteiger partial charge in [-0.1, -0.05) is 30.3 Å². The third-order valence-corrected chi connectivity index (χ3v) is 4.05. The molecule has 0 radical (unpaired) electrons. The number of ether oxygens (including phenoxy) is 1. The minimum atomic E-state index is -1.09. The average molecular weight is 354 g/mol. The molecule has 2 N–H and O–H groups in total. The van der Waals surface area contributed by atoms with Crippen LogP contribution < -0.4 is 15.0 Å². The summed E-state index contributed by atoms with van der Waals surface area (Å²) >= 11 is 0. The third-order valence-electron chi connectivity index (χ3n) is 4.05. The van der Waals surface area contributed by atoms with E-state index in [4.69, 9.17) is 9.84 Å². The zero-order valence-corrected chi connectivity index (χ0v) is 14.1. The number of nitrogens with zero attached hydrogens (tertiary/aromatic N) is 1. The quantitative estimate of drug-likeness (QED) is 0.854. The van der Waals surface area contributed by atoms with E-state index in [1.54, 1.807) is 6.92 Å². The second-order valence-electron chi connectivity index (χ2n) is 5.93. The Kier molecular flexibility index (Phi) is 4.88. The van der Waals surface area contributed by atoms with Crippen LogP contribution in [0.3, 0.4) is 0 Å². The number of rotatable bonds is 5. The molecule has 0 saturated heterocycles. The third kappa shape index (κ3) is 3.66. The zero-order chi connectivity index (χ0) is 18.7. The fraction of sp³-hybridized carbons (Fsp3) is 0.211. The second kappa shape index (κ2) is 7.26. The van der Waals surface area contributed by atoms with Crippen molar-refractivity contribution in [1.82, 2.24) is 5.32 Å². The maximum atomic E-state index is 12.4. The van der Waals surface area contributed by atoms with Gasteiger partial charge in [-0.2, -0.15) is 0 Å². The molecule has 0 fully saturated rings. The Hall–Kier alpha value is -3.35. The van der Waals surface area contributed by atoms with Crippen LogP contribution in [0.4, 0.5) is 5.69 Å². The number of fused-ring (bicyclic) bond motifs is 1. The van der Waals surface area contributed by atoms with Gasteiger partial charge in [0, 0.05) is 6.54 Å². The Balaban J connectivity index is 1.75. The van der Waals surface area contributed by atoms with Crippen LogP contribution in [0.2, 0.25) is 0 Å². The number of benzene rings is 2. The van der Waals surface area contributed by atoms with Crippen LogP contribution in [0, 0.1) is 0 Å². The number of carboxylic acid groups (broad SMARTS) is 1. The molecule has 2 aromatic carbocycles. The fourth-order valence-corrected chi connectivity index (χ4v) is 2.70. The van der Waals surface area contributed by atoms with Crippen LogP contribution in [0.15, 0.2) is 48.5 Å². The van der Waals surface area contributed by atoms with E-state index in [-0.39, 0.29) is 29.7 Å². The molecule has 1 aliphatic heterocycles. The molecule has 134 valence electrons. The fourth-order valence-electron chi connectivity index (χ4n) is 2.70. The first-order chi connectivity index (χ1) is 12.5. The molecule has 2 amide bonds. The van der Waals surface area contributed by atoms with Gasteiger partial charge in [-0.3, -0.25) is 14.5 Å². The van der Waals surface area contributed by atoms with Crippen LogP contribution in [0.1, 0.15) is 22.8 Å². The molecule has 7 heteroatoms. The lowest BCUT2D eigenvalue weighted by Gasteiger charge is -2.32. The SMILES string of the molecule is CC1Oc2cc(C(=O)O)ccc2N(CC(=O)NCc2ccccc2)C1=O. The van der Waals surface area contributed by atoms with E-state index in [2.05, 4.69) is 5.32 Å². The van der Waals surface area contributed by atoms with Crippen LogP contribution in [-0.2, 0) is 16.1 Å². The molecular formula is C19H18N2O5. The molecule has 0 spiro atoms. The molecule has 1 aliphatic rings. The highest BCUT2D eigenvalue weighted by molar-refractivity contribution is 6.04. The molecule has 26 heavy (non-hydrogen) atoms. The number of hydrogen-bond acceptors (Lipinski definition) is 4. The van der Waals surface area contributed by atoms with Crippen LogP contribution in [0.5, 0.6) is 5.75 Å². The molecule has 0 aliphatic carbocycles. The summed E-state index contributed by atoms with van der Waals surface area (Å²) < 4.78 is 5.49. The number of carbonyl (C=O) groups excluding carboxylic acids is 2. The molecule has 0 saturated carbocycles. The van der Waals surface area contributed by atoms with Crippen molar-refractivity contribution >= 4 is 23.5 Å². The zero-order valence-electron chi connectivity index (χ0n) is 14.1. The van der Waals surface area contributed by atoms with E-state index in [0.29, 0.717) is 12.2 Å². The normalized spacial score (nSPS) is 15.8. The number of amides is 2. The van der Waals surface area contributed by atoms with Crippen molar-refractivity contribution in [2.45, 2.75) is 19.6 Å². The van der Waals surface area contributed by atoms with Gasteiger partial charge in [0.05, 0.1) is 11.3 Å². The van der Waals surface area contributed by atoms with Crippen molar-refractivity contribution in [2.75, 3.05) is 11.4 Å². The largest absolute Gasteiger partial charge is 0.479 e. The highest BCUT2D eigenvalue weighted by Crippen LogP contribution is 2.34. The lowest BCUT2D eigenvalue weighted by Crippen LogP contribution is -2.48. The molecule has 1 heterocycles. The van der Waals surface area contributed by atoms with Crippen molar-refractivity contribution in [1.29, 1.82) is 0 Å². The molecular weight excluding hydrogens is 336 g/mol. The average Bonchev–Trinajstić information content (AvgIpc) is 2.64. The van der Waals surface area contributed by atoms with E-state index >= 15 is 0 Å². The van der Waals surface area contributed by atoms with E-state index in [0.717, 1.165) is 5.56 Å². The first-order valence-corrected chi connectivity index (χ1v) is 8.11. The van der Waals surface area contributed by atoms with E-state index in [1.165, 1.54) is 23.1 Å². The van der Waals surface area contributed by atoms with E-state index < -0.39 is 12.1 Å². The minimum Gasteiger partial charge on any atom is -0.479 e. The first-order valence-electron chi connectivity index (χ1n) is 8.11. The summed E-state index contributed by atoms with van der Waals surface area (Å²) in [5.74, 6) is -1.49. The number of nitrogens with one attached hydrogen (secondary N) is 1. The molecule has 1 unspecified atom stereocenters. The summed E-state index contributed by atoms with van der Waals surface area (Å²) in [6.07, 6.45) is -0.798. The highest BCUT2D eigenvalue weighted by atomic mass is 16.5. The van der Waals surface area contributed by atoms with Gasteiger partial charge in [-0.15, -0.1) is 0 Å². The number of aromatic carboxylic acids is 1. The van der Waals surface area contributed by atoms with Gasteiger partial charge in [-0.05, 0) is 30.7 Å². The Morgan fingerprint density at radius 3 is 2.62 bits per heavy atom. The van der Waals surface area contributed by atoms with Crippen LogP contribution in [0.25, 0.3) is 0 Å². The Labute approximate surface area is 150 Å². The van der Waals surface area contributed by atoms with E-state index in [9.17, 15) is 14.4 Å². The maximum Gasteiger partial charge on any atom is 0.335 e. The van der Waals surface area contributed by atoms with E-state index in [1.807, 2.05) is 30.3 Å². The number of carboxylic acids is 1. The van der Waals surface area contributed by atoms with Crippen molar-refractivity contribution in [3.63, 3.8) is 0 Å². The number of carbonyl (C=O) groups is 3. The van der Waals surface area contributed by atoms with Crippen LogP contribution >= 0.6 is 0 Å². The van der Waals surface area contributed by atoms with Gasteiger partial charge in [0.15, 0.2) is 6.10 Å². The second-order valence-corrected chi connectivity index (χ2v) is 5.93. The molecule has 3 rings (SSSR count). The van der Waals surface area contributed by atoms with Gasteiger partial charge >= 0.3 is 5.97 Å². The van der Waals surface area contributed by atoms with Gasteiger partial charge in [-0.25, -0.2) is 4.79 Å². The predicted octanol–water partition coefficient (Wildman–Crippen LogP) is 1.82. The van der Waals surface area contributed by atoms with Crippen molar-refractivity contribution in [2.24, 2.45) is 0 Å². The summed E-state index contributed by atoms with van der Waals surface area (Å²) in [5.41, 5.74) is 1.39. The van der Waals surface area contributed by atoms with Gasteiger partial charge in [0.25, 0.3) is 5.91 Å². The summed E-state index contributed by atoms with van der Waals surface area (Å²) in [5, 5.41) is 11.9. The monoisotopic (exact) mass is 354 g/mol. The predicted molar refractivity (Wildman–Crippen MR) is 94.1 cm³/mol. The summed E-state index contributed by atoms with van der Waals surface area (Å²) in [6, 6.07) is 13.7. The molecule has 7 nitrogen and oxygen atoms in total. The van der Waals surface area contributed by atoms with Gasteiger partial charge in [0.2, 0.25) is 5.91 Å². The van der Waals surface area contributed by atoms with Crippen molar-refractivity contribution in [3.05, 3.63) is 59.7 Å². The lowest BCUT2D eigenvalue weighted by molar-refractivity contribution is -0.128. The lowest BCUT2D eigenvalue weighted by atomic mass is 10.1. The Morgan fingerprint density at radius 1 is 1.19 bits per heavy atom. The summed E-state index contributed by atoms with van der Waals surface area (Å²) in [7, 11) is 0. The number of hydrogen-bond donors (Lipinski definition) is 2. The highest BCUT2D eigenvalue weighted by Gasteiger charge is 2.33. The molecule has 2 aromatic rings. The summed E-state index contributed by atoms with van der Waals surface area (Å²) in [4.78, 5) is 37.1. The number of anilines is 1. The first kappa shape index (κ1) is 17.5. The van der Waals surface area contributed by atoms with Crippen LogP contribution in [-0.4, -0.2) is 35.5 Å². The van der Waals surface area contributed by atoms with Crippen molar-refractivity contribution < 1.29 is 24.2 Å². The Morgan fingerprint density at radius 2 is 1.92 bits per heavy atom. The van der Waals surface area contributed by atoms with Gasteiger partial charge in [0.1, 0.15) is 12.3 Å². The summed E-state index contributed by atoms with van der Waals surface area (Å²) in [6.45, 7) is 1.75. The molecule has 0 aromatic heterocycles.